The van der Waals surface area contributed by atoms with E-state index in [1.807, 2.05) is 4.90 Å². The number of nitrogens with two attached hydrogens (primary N) is 1. The van der Waals surface area contributed by atoms with Crippen molar-refractivity contribution in [3.8, 4) is 0 Å². The van der Waals surface area contributed by atoms with E-state index in [0.717, 1.165) is 32.2 Å². The van der Waals surface area contributed by atoms with E-state index in [-0.39, 0.29) is 17.9 Å². The number of rotatable bonds is 4. The number of hydrogen-bond acceptors (Lipinski definition) is 2. The Bertz CT molecular complexity index is 230. The first-order chi connectivity index (χ1) is 7.61. The van der Waals surface area contributed by atoms with E-state index in [1.165, 1.54) is 6.42 Å². The maximum absolute atomic E-state index is 12.3. The number of likely N-dealkylation sites (tertiary alicyclic amines) is 1. The molecule has 1 amide bonds. The molecule has 2 N–H and O–H groups in total. The van der Waals surface area contributed by atoms with Gasteiger partial charge in [-0.3, -0.25) is 4.79 Å². The number of nitrogens with zero attached hydrogens (tertiary/aromatic N) is 1. The SMILES string of the molecule is CCC(C)C(N)C(=O)N1CCCCC1CC. The molecule has 0 aliphatic carbocycles. The molecule has 1 saturated heterocycles. The van der Waals surface area contributed by atoms with Gasteiger partial charge in [0.2, 0.25) is 5.91 Å². The third-order valence-electron chi connectivity index (χ3n) is 3.92. The number of carbonyl (C=O) groups excluding carboxylic acids is 1. The normalized spacial score (nSPS) is 25.2. The van der Waals surface area contributed by atoms with Crippen LogP contribution in [0.5, 0.6) is 0 Å². The molecule has 0 radical (unpaired) electrons. The van der Waals surface area contributed by atoms with E-state index in [0.29, 0.717) is 6.04 Å². The molecule has 3 atom stereocenters. The Balaban J connectivity index is 2.63. The molecule has 0 spiro atoms. The van der Waals surface area contributed by atoms with Crippen LogP contribution in [0.3, 0.4) is 0 Å². The predicted molar refractivity (Wildman–Crippen MR) is 67.1 cm³/mol. The Kier molecular flexibility index (Phi) is 5.26. The minimum atomic E-state index is -0.308. The molecule has 1 aliphatic heterocycles. The summed E-state index contributed by atoms with van der Waals surface area (Å²) in [5.74, 6) is 0.452. The lowest BCUT2D eigenvalue weighted by molar-refractivity contribution is -0.137. The summed E-state index contributed by atoms with van der Waals surface area (Å²) in [5.41, 5.74) is 6.03. The minimum absolute atomic E-state index is 0.168. The lowest BCUT2D eigenvalue weighted by Crippen LogP contribution is -2.52. The molecule has 3 unspecified atom stereocenters. The molecule has 94 valence electrons. The van der Waals surface area contributed by atoms with Crippen molar-refractivity contribution in [2.45, 2.75) is 65.0 Å². The fourth-order valence-electron chi connectivity index (χ4n) is 2.40. The summed E-state index contributed by atoms with van der Waals surface area (Å²) in [5, 5.41) is 0. The second-order valence-electron chi connectivity index (χ2n) is 5.00. The summed E-state index contributed by atoms with van der Waals surface area (Å²) in [6.45, 7) is 7.21. The molecule has 1 heterocycles. The van der Waals surface area contributed by atoms with Crippen LogP contribution < -0.4 is 5.73 Å². The first kappa shape index (κ1) is 13.5. The van der Waals surface area contributed by atoms with Crippen LogP contribution in [-0.4, -0.2) is 29.4 Å². The molecular weight excluding hydrogens is 200 g/mol. The largest absolute Gasteiger partial charge is 0.338 e. The van der Waals surface area contributed by atoms with Crippen molar-refractivity contribution in [3.63, 3.8) is 0 Å². The van der Waals surface area contributed by atoms with Crippen LogP contribution in [0.4, 0.5) is 0 Å². The van der Waals surface area contributed by atoms with Crippen LogP contribution in [-0.2, 0) is 4.79 Å². The zero-order chi connectivity index (χ0) is 12.1. The number of carbonyl (C=O) groups is 1. The van der Waals surface area contributed by atoms with Gasteiger partial charge < -0.3 is 10.6 Å². The Morgan fingerprint density at radius 3 is 2.69 bits per heavy atom. The van der Waals surface area contributed by atoms with E-state index in [4.69, 9.17) is 5.73 Å². The monoisotopic (exact) mass is 226 g/mol. The predicted octanol–water partition coefficient (Wildman–Crippen LogP) is 2.15. The molecule has 16 heavy (non-hydrogen) atoms. The van der Waals surface area contributed by atoms with Crippen LogP contribution in [0, 0.1) is 5.92 Å². The second-order valence-corrected chi connectivity index (χ2v) is 5.00. The van der Waals surface area contributed by atoms with E-state index >= 15 is 0 Å². The van der Waals surface area contributed by atoms with Gasteiger partial charge in [0.25, 0.3) is 0 Å². The summed E-state index contributed by atoms with van der Waals surface area (Å²) < 4.78 is 0. The minimum Gasteiger partial charge on any atom is -0.338 e. The van der Waals surface area contributed by atoms with Crippen LogP contribution in [0.25, 0.3) is 0 Å². The Labute approximate surface area is 99.4 Å². The van der Waals surface area contributed by atoms with E-state index in [1.54, 1.807) is 0 Å². The second kappa shape index (κ2) is 6.24. The molecule has 1 fully saturated rings. The molecular formula is C13H26N2O. The topological polar surface area (TPSA) is 46.3 Å². The summed E-state index contributed by atoms with van der Waals surface area (Å²) in [7, 11) is 0. The van der Waals surface area contributed by atoms with E-state index in [2.05, 4.69) is 20.8 Å². The third kappa shape index (κ3) is 2.97. The summed E-state index contributed by atoms with van der Waals surface area (Å²) in [6.07, 6.45) is 5.56. The van der Waals surface area contributed by atoms with Crippen LogP contribution >= 0.6 is 0 Å². The van der Waals surface area contributed by atoms with Crippen LogP contribution in [0.15, 0.2) is 0 Å². The van der Waals surface area contributed by atoms with Crippen molar-refractivity contribution in [2.75, 3.05) is 6.54 Å². The summed E-state index contributed by atoms with van der Waals surface area (Å²) >= 11 is 0. The van der Waals surface area contributed by atoms with Gasteiger partial charge in [-0.1, -0.05) is 27.2 Å². The molecule has 1 aliphatic rings. The van der Waals surface area contributed by atoms with Crippen molar-refractivity contribution >= 4 is 5.91 Å². The van der Waals surface area contributed by atoms with Gasteiger partial charge in [0, 0.05) is 12.6 Å². The van der Waals surface area contributed by atoms with Crippen molar-refractivity contribution in [1.82, 2.24) is 4.90 Å². The smallest absolute Gasteiger partial charge is 0.240 e. The van der Waals surface area contributed by atoms with Gasteiger partial charge >= 0.3 is 0 Å². The van der Waals surface area contributed by atoms with Gasteiger partial charge in [0.1, 0.15) is 0 Å². The highest BCUT2D eigenvalue weighted by atomic mass is 16.2. The summed E-state index contributed by atoms with van der Waals surface area (Å²) in [6, 6.07) is 0.119. The van der Waals surface area contributed by atoms with Gasteiger partial charge in [-0.25, -0.2) is 0 Å². The number of amides is 1. The van der Waals surface area contributed by atoms with Crippen molar-refractivity contribution < 1.29 is 4.79 Å². The van der Waals surface area contributed by atoms with Crippen molar-refractivity contribution in [1.29, 1.82) is 0 Å². The molecule has 0 aromatic carbocycles. The van der Waals surface area contributed by atoms with Gasteiger partial charge in [-0.2, -0.15) is 0 Å². The Morgan fingerprint density at radius 2 is 2.12 bits per heavy atom. The van der Waals surface area contributed by atoms with E-state index in [9.17, 15) is 4.79 Å². The molecule has 0 aromatic heterocycles. The van der Waals surface area contributed by atoms with Gasteiger partial charge in [0.15, 0.2) is 0 Å². The van der Waals surface area contributed by atoms with Crippen LogP contribution in [0.2, 0.25) is 0 Å². The standard InChI is InChI=1S/C13H26N2O/c1-4-10(3)12(14)13(16)15-9-7-6-8-11(15)5-2/h10-12H,4-9,14H2,1-3H3. The lowest BCUT2D eigenvalue weighted by atomic mass is 9.94. The fourth-order valence-corrected chi connectivity index (χ4v) is 2.40. The average molecular weight is 226 g/mol. The van der Waals surface area contributed by atoms with Crippen molar-refractivity contribution in [2.24, 2.45) is 11.7 Å². The van der Waals surface area contributed by atoms with Gasteiger partial charge in [-0.15, -0.1) is 0 Å². The summed E-state index contributed by atoms with van der Waals surface area (Å²) in [4.78, 5) is 14.3. The number of hydrogen-bond donors (Lipinski definition) is 1. The molecule has 0 aromatic rings. The number of piperidine rings is 1. The highest BCUT2D eigenvalue weighted by molar-refractivity contribution is 5.82. The fraction of sp³-hybridized carbons (Fsp3) is 0.923. The molecule has 1 rings (SSSR count). The van der Waals surface area contributed by atoms with Crippen LogP contribution in [0.1, 0.15) is 52.9 Å². The lowest BCUT2D eigenvalue weighted by Gasteiger charge is -2.37. The highest BCUT2D eigenvalue weighted by Crippen LogP contribution is 2.21. The molecule has 3 nitrogen and oxygen atoms in total. The zero-order valence-corrected chi connectivity index (χ0v) is 10.9. The maximum atomic E-state index is 12.3. The van der Waals surface area contributed by atoms with Crippen molar-refractivity contribution in [3.05, 3.63) is 0 Å². The maximum Gasteiger partial charge on any atom is 0.240 e. The van der Waals surface area contributed by atoms with Gasteiger partial charge in [0.05, 0.1) is 6.04 Å². The average Bonchev–Trinajstić information content (AvgIpc) is 2.35. The molecule has 0 bridgehead atoms. The first-order valence-electron chi connectivity index (χ1n) is 6.67. The first-order valence-corrected chi connectivity index (χ1v) is 6.67. The van der Waals surface area contributed by atoms with E-state index < -0.39 is 0 Å². The molecule has 3 heteroatoms. The zero-order valence-electron chi connectivity index (χ0n) is 10.9. The Morgan fingerprint density at radius 1 is 1.44 bits per heavy atom. The highest BCUT2D eigenvalue weighted by Gasteiger charge is 2.30. The third-order valence-corrected chi connectivity index (χ3v) is 3.92. The molecule has 0 saturated carbocycles. The Hall–Kier alpha value is -0.570. The van der Waals surface area contributed by atoms with Gasteiger partial charge in [-0.05, 0) is 31.6 Å². The quantitative estimate of drug-likeness (QED) is 0.798.